The Morgan fingerprint density at radius 3 is 2.73 bits per heavy atom. The summed E-state index contributed by atoms with van der Waals surface area (Å²) >= 11 is 4.98. The van der Waals surface area contributed by atoms with Crippen LogP contribution in [-0.4, -0.2) is 15.0 Å². The summed E-state index contributed by atoms with van der Waals surface area (Å²) in [6.45, 7) is 0. The molecule has 76 valence electrons. The highest BCUT2D eigenvalue weighted by atomic mass is 79.9. The lowest BCUT2D eigenvalue weighted by atomic mass is 10.4. The summed E-state index contributed by atoms with van der Waals surface area (Å²) in [5.41, 5.74) is 1.04. The lowest BCUT2D eigenvalue weighted by molar-refractivity contribution is 1.05. The van der Waals surface area contributed by atoms with Crippen molar-refractivity contribution < 1.29 is 0 Å². The van der Waals surface area contributed by atoms with Crippen molar-refractivity contribution in [1.29, 1.82) is 0 Å². The number of nitrogens with zero attached hydrogens (tertiary/aromatic N) is 3. The molecule has 0 aliphatic carbocycles. The van der Waals surface area contributed by atoms with Gasteiger partial charge in [-0.25, -0.2) is 4.98 Å². The van der Waals surface area contributed by atoms with Crippen molar-refractivity contribution in [3.05, 3.63) is 47.1 Å². The van der Waals surface area contributed by atoms with Gasteiger partial charge in [0.15, 0.2) is 0 Å². The Labute approximate surface area is 101 Å². The van der Waals surface area contributed by atoms with Gasteiger partial charge in [0, 0.05) is 28.8 Å². The molecule has 0 radical (unpaired) electrons. The van der Waals surface area contributed by atoms with Crippen LogP contribution in [0, 0.1) is 0 Å². The summed E-state index contributed by atoms with van der Waals surface area (Å²) in [6, 6.07) is 3.98. The molecule has 2 aromatic rings. The molecule has 0 unspecified atom stereocenters. The normalized spacial score (nSPS) is 10.2. The van der Waals surface area contributed by atoms with Gasteiger partial charge in [-0.15, -0.1) is 0 Å². The Morgan fingerprint density at radius 2 is 2.07 bits per heavy atom. The maximum absolute atomic E-state index is 4.28. The van der Waals surface area contributed by atoms with E-state index in [1.165, 1.54) is 0 Å². The molecule has 5 heteroatoms. The summed E-state index contributed by atoms with van der Waals surface area (Å²) in [4.78, 5) is 12.5. The predicted octanol–water partition coefficient (Wildman–Crippen LogP) is 2.93. The Kier molecular flexibility index (Phi) is 3.69. The fourth-order valence-corrected chi connectivity index (χ4v) is 1.97. The molecule has 0 N–H and O–H groups in total. The lowest BCUT2D eigenvalue weighted by Crippen LogP contribution is -1.87. The zero-order chi connectivity index (χ0) is 10.5. The van der Waals surface area contributed by atoms with E-state index in [-0.39, 0.29) is 0 Å². The van der Waals surface area contributed by atoms with Gasteiger partial charge in [0.25, 0.3) is 0 Å². The zero-order valence-corrected chi connectivity index (χ0v) is 10.2. The molecule has 0 saturated carbocycles. The van der Waals surface area contributed by atoms with Crippen LogP contribution in [0.1, 0.15) is 5.69 Å². The van der Waals surface area contributed by atoms with Crippen molar-refractivity contribution >= 4 is 27.7 Å². The monoisotopic (exact) mass is 281 g/mol. The maximum Gasteiger partial charge on any atom is 0.115 e. The van der Waals surface area contributed by atoms with Crippen molar-refractivity contribution in [2.24, 2.45) is 0 Å². The second kappa shape index (κ2) is 5.23. The molecule has 3 nitrogen and oxygen atoms in total. The van der Waals surface area contributed by atoms with Crippen molar-refractivity contribution in [2.45, 2.75) is 10.8 Å². The number of halogens is 1. The zero-order valence-electron chi connectivity index (χ0n) is 7.80. The Balaban J connectivity index is 1.96. The van der Waals surface area contributed by atoms with Crippen molar-refractivity contribution in [3.8, 4) is 0 Å². The van der Waals surface area contributed by atoms with E-state index in [0.29, 0.717) is 0 Å². The van der Waals surface area contributed by atoms with Crippen LogP contribution in [-0.2, 0) is 5.75 Å². The molecule has 0 aliphatic rings. The molecule has 15 heavy (non-hydrogen) atoms. The van der Waals surface area contributed by atoms with Crippen LogP contribution in [0.25, 0.3) is 0 Å². The minimum absolute atomic E-state index is 0.811. The van der Waals surface area contributed by atoms with Gasteiger partial charge in [0.1, 0.15) is 5.03 Å². The Morgan fingerprint density at radius 1 is 1.13 bits per heavy atom. The van der Waals surface area contributed by atoms with Crippen molar-refractivity contribution in [1.82, 2.24) is 15.0 Å². The molecule has 0 saturated heterocycles. The van der Waals surface area contributed by atoms with Gasteiger partial charge < -0.3 is 0 Å². The van der Waals surface area contributed by atoms with E-state index >= 15 is 0 Å². The van der Waals surface area contributed by atoms with Gasteiger partial charge in [-0.2, -0.15) is 0 Å². The largest absolute Gasteiger partial charge is 0.260 e. The summed E-state index contributed by atoms with van der Waals surface area (Å²) in [5.74, 6) is 0.811. The minimum atomic E-state index is 0.811. The van der Waals surface area contributed by atoms with Gasteiger partial charge in [-0.1, -0.05) is 11.8 Å². The highest BCUT2D eigenvalue weighted by molar-refractivity contribution is 9.10. The number of hydrogen-bond acceptors (Lipinski definition) is 4. The molecule has 0 aliphatic heterocycles. The molecule has 0 atom stereocenters. The van der Waals surface area contributed by atoms with Gasteiger partial charge in [-0.3, -0.25) is 9.97 Å². The number of aromatic nitrogens is 3. The smallest absolute Gasteiger partial charge is 0.115 e. The second-order valence-corrected chi connectivity index (χ2v) is 4.71. The SMILES string of the molecule is Brc1ccc(CSc2cnccn2)nc1. The first-order valence-corrected chi connectivity index (χ1v) is 6.12. The highest BCUT2D eigenvalue weighted by Gasteiger charge is 1.98. The Bertz CT molecular complexity index is 418. The average Bonchev–Trinajstić information content (AvgIpc) is 2.30. The average molecular weight is 282 g/mol. The lowest BCUT2D eigenvalue weighted by Gasteiger charge is -1.99. The van der Waals surface area contributed by atoms with Gasteiger partial charge in [-0.05, 0) is 28.1 Å². The minimum Gasteiger partial charge on any atom is -0.260 e. The second-order valence-electron chi connectivity index (χ2n) is 2.80. The van der Waals surface area contributed by atoms with Crippen LogP contribution in [0.5, 0.6) is 0 Å². The third kappa shape index (κ3) is 3.28. The summed E-state index contributed by atoms with van der Waals surface area (Å²) in [6.07, 6.45) is 6.91. The predicted molar refractivity (Wildman–Crippen MR) is 63.5 cm³/mol. The maximum atomic E-state index is 4.28. The van der Waals surface area contributed by atoms with Crippen LogP contribution in [0.15, 0.2) is 46.4 Å². The molecule has 0 spiro atoms. The number of hydrogen-bond donors (Lipinski definition) is 0. The van der Waals surface area contributed by atoms with Crippen LogP contribution in [0.4, 0.5) is 0 Å². The third-order valence-corrected chi connectivity index (χ3v) is 3.11. The number of thioether (sulfide) groups is 1. The van der Waals surface area contributed by atoms with E-state index in [2.05, 4.69) is 30.9 Å². The van der Waals surface area contributed by atoms with Gasteiger partial charge in [0.05, 0.1) is 11.9 Å². The molecule has 0 fully saturated rings. The van der Waals surface area contributed by atoms with Crippen LogP contribution in [0.2, 0.25) is 0 Å². The van der Waals surface area contributed by atoms with E-state index < -0.39 is 0 Å². The molecular formula is C10H8BrN3S. The van der Waals surface area contributed by atoms with Crippen LogP contribution >= 0.6 is 27.7 Å². The van der Waals surface area contributed by atoms with E-state index in [0.717, 1.165) is 20.9 Å². The standard InChI is InChI=1S/C10H8BrN3S/c11-8-1-2-9(14-5-8)7-15-10-6-12-3-4-13-10/h1-6H,7H2. The first-order chi connectivity index (χ1) is 7.34. The van der Waals surface area contributed by atoms with E-state index in [1.54, 1.807) is 36.5 Å². The summed E-state index contributed by atoms with van der Waals surface area (Å²) < 4.78 is 0.996. The molecule has 0 bridgehead atoms. The van der Waals surface area contributed by atoms with Crippen molar-refractivity contribution in [3.63, 3.8) is 0 Å². The van der Waals surface area contributed by atoms with Crippen LogP contribution in [0.3, 0.4) is 0 Å². The van der Waals surface area contributed by atoms with E-state index in [1.807, 2.05) is 12.1 Å². The quantitative estimate of drug-likeness (QED) is 0.811. The van der Waals surface area contributed by atoms with Gasteiger partial charge in [0.2, 0.25) is 0 Å². The number of pyridine rings is 1. The number of rotatable bonds is 3. The van der Waals surface area contributed by atoms with Crippen molar-refractivity contribution in [2.75, 3.05) is 0 Å². The van der Waals surface area contributed by atoms with Crippen LogP contribution < -0.4 is 0 Å². The van der Waals surface area contributed by atoms with E-state index in [9.17, 15) is 0 Å². The first kappa shape index (κ1) is 10.6. The summed E-state index contributed by atoms with van der Waals surface area (Å²) in [5, 5.41) is 0.919. The fourth-order valence-electron chi connectivity index (χ4n) is 1.000. The topological polar surface area (TPSA) is 38.7 Å². The molecule has 0 amide bonds. The van der Waals surface area contributed by atoms with Gasteiger partial charge >= 0.3 is 0 Å². The van der Waals surface area contributed by atoms with E-state index in [4.69, 9.17) is 0 Å². The molecule has 2 aromatic heterocycles. The Hall–Kier alpha value is -0.940. The summed E-state index contributed by atoms with van der Waals surface area (Å²) in [7, 11) is 0. The molecule has 2 heterocycles. The first-order valence-electron chi connectivity index (χ1n) is 4.34. The highest BCUT2D eigenvalue weighted by Crippen LogP contribution is 2.19. The molecule has 2 rings (SSSR count). The third-order valence-electron chi connectivity index (χ3n) is 1.70. The molecular weight excluding hydrogens is 274 g/mol. The fraction of sp³-hybridized carbons (Fsp3) is 0.100. The molecule has 0 aromatic carbocycles.